The van der Waals surface area contributed by atoms with Gasteiger partial charge in [0.25, 0.3) is 0 Å². The molecule has 0 radical (unpaired) electrons. The standard InChI is InChI=1S/C11H18N2O2/c1-5-6-13-9(3)10(8(2)12-13)7-11(14)15-4/h5-7H2,1-4H3. The van der Waals surface area contributed by atoms with Crippen LogP contribution in [0, 0.1) is 13.8 Å². The Bertz CT molecular complexity index is 356. The first kappa shape index (κ1) is 11.8. The van der Waals surface area contributed by atoms with Crippen LogP contribution in [0.15, 0.2) is 0 Å². The maximum absolute atomic E-state index is 11.2. The van der Waals surface area contributed by atoms with Crippen molar-refractivity contribution < 1.29 is 9.53 Å². The smallest absolute Gasteiger partial charge is 0.310 e. The molecule has 0 saturated carbocycles. The Balaban J connectivity index is 2.92. The zero-order chi connectivity index (χ0) is 11.4. The lowest BCUT2D eigenvalue weighted by molar-refractivity contribution is -0.139. The number of carbonyl (C=O) groups excluding carboxylic acids is 1. The third-order valence-electron chi connectivity index (χ3n) is 2.52. The Hall–Kier alpha value is -1.32. The zero-order valence-corrected chi connectivity index (χ0v) is 9.83. The lowest BCUT2D eigenvalue weighted by Crippen LogP contribution is -2.07. The summed E-state index contributed by atoms with van der Waals surface area (Å²) in [7, 11) is 1.41. The fourth-order valence-corrected chi connectivity index (χ4v) is 1.64. The van der Waals surface area contributed by atoms with Crippen LogP contribution in [0.3, 0.4) is 0 Å². The molecular weight excluding hydrogens is 192 g/mol. The van der Waals surface area contributed by atoms with Gasteiger partial charge in [0.05, 0.1) is 19.2 Å². The van der Waals surface area contributed by atoms with Crippen molar-refractivity contribution in [3.63, 3.8) is 0 Å². The van der Waals surface area contributed by atoms with Gasteiger partial charge in [-0.2, -0.15) is 5.10 Å². The van der Waals surface area contributed by atoms with Gasteiger partial charge in [-0.3, -0.25) is 9.48 Å². The Morgan fingerprint density at radius 2 is 2.13 bits per heavy atom. The van der Waals surface area contributed by atoms with Crippen LogP contribution in [0.1, 0.15) is 30.3 Å². The number of methoxy groups -OCH3 is 1. The number of rotatable bonds is 4. The van der Waals surface area contributed by atoms with Crippen LogP contribution in [0.4, 0.5) is 0 Å². The first-order valence-electron chi connectivity index (χ1n) is 5.19. The number of aromatic nitrogens is 2. The average molecular weight is 210 g/mol. The van der Waals surface area contributed by atoms with Gasteiger partial charge in [0.1, 0.15) is 0 Å². The maximum atomic E-state index is 11.2. The summed E-state index contributed by atoms with van der Waals surface area (Å²) >= 11 is 0. The summed E-state index contributed by atoms with van der Waals surface area (Å²) in [6.45, 7) is 6.93. The van der Waals surface area contributed by atoms with Crippen LogP contribution in [0.5, 0.6) is 0 Å². The fourth-order valence-electron chi connectivity index (χ4n) is 1.64. The van der Waals surface area contributed by atoms with Crippen LogP contribution in [0.2, 0.25) is 0 Å². The molecule has 0 unspecified atom stereocenters. The summed E-state index contributed by atoms with van der Waals surface area (Å²) in [6, 6.07) is 0. The second kappa shape index (κ2) is 4.96. The van der Waals surface area contributed by atoms with Crippen LogP contribution in [-0.2, 0) is 22.5 Å². The van der Waals surface area contributed by atoms with Gasteiger partial charge in [0.2, 0.25) is 0 Å². The van der Waals surface area contributed by atoms with Crippen molar-refractivity contribution in [3.8, 4) is 0 Å². The molecule has 1 heterocycles. The molecule has 0 bridgehead atoms. The predicted molar refractivity (Wildman–Crippen MR) is 57.7 cm³/mol. The Morgan fingerprint density at radius 1 is 1.47 bits per heavy atom. The number of esters is 1. The molecule has 4 nitrogen and oxygen atoms in total. The van der Waals surface area contributed by atoms with E-state index in [4.69, 9.17) is 0 Å². The zero-order valence-electron chi connectivity index (χ0n) is 9.83. The van der Waals surface area contributed by atoms with E-state index in [1.165, 1.54) is 7.11 Å². The Morgan fingerprint density at radius 3 is 2.67 bits per heavy atom. The van der Waals surface area contributed by atoms with Crippen LogP contribution in [0.25, 0.3) is 0 Å². The molecule has 0 aromatic carbocycles. The number of aryl methyl sites for hydroxylation is 2. The van der Waals surface area contributed by atoms with Gasteiger partial charge in [-0.25, -0.2) is 0 Å². The lowest BCUT2D eigenvalue weighted by atomic mass is 10.1. The quantitative estimate of drug-likeness (QED) is 0.709. The van der Waals surface area contributed by atoms with Crippen molar-refractivity contribution in [3.05, 3.63) is 17.0 Å². The van der Waals surface area contributed by atoms with E-state index < -0.39 is 0 Å². The Labute approximate surface area is 90.2 Å². The molecule has 0 aliphatic carbocycles. The molecule has 0 N–H and O–H groups in total. The number of carbonyl (C=O) groups is 1. The largest absolute Gasteiger partial charge is 0.469 e. The summed E-state index contributed by atoms with van der Waals surface area (Å²) in [5.74, 6) is -0.211. The summed E-state index contributed by atoms with van der Waals surface area (Å²) < 4.78 is 6.61. The summed E-state index contributed by atoms with van der Waals surface area (Å²) in [5.41, 5.74) is 2.99. The minimum Gasteiger partial charge on any atom is -0.469 e. The highest BCUT2D eigenvalue weighted by Gasteiger charge is 2.14. The molecule has 0 aliphatic heterocycles. The van der Waals surface area contributed by atoms with E-state index >= 15 is 0 Å². The van der Waals surface area contributed by atoms with E-state index in [2.05, 4.69) is 16.8 Å². The van der Waals surface area contributed by atoms with Gasteiger partial charge < -0.3 is 4.74 Å². The molecule has 0 aliphatic rings. The van der Waals surface area contributed by atoms with Gasteiger partial charge in [0, 0.05) is 17.8 Å². The van der Waals surface area contributed by atoms with Crippen molar-refractivity contribution in [2.45, 2.75) is 40.2 Å². The van der Waals surface area contributed by atoms with Crippen molar-refractivity contribution in [1.82, 2.24) is 9.78 Å². The molecule has 0 saturated heterocycles. The van der Waals surface area contributed by atoms with Gasteiger partial charge in [0.15, 0.2) is 0 Å². The van der Waals surface area contributed by atoms with Gasteiger partial charge in [-0.05, 0) is 20.3 Å². The fraction of sp³-hybridized carbons (Fsp3) is 0.636. The summed E-state index contributed by atoms with van der Waals surface area (Å²) in [5, 5.41) is 4.40. The molecule has 1 aromatic heterocycles. The van der Waals surface area contributed by atoms with Gasteiger partial charge in [-0.1, -0.05) is 6.92 Å². The predicted octanol–water partition coefficient (Wildman–Crippen LogP) is 1.63. The summed E-state index contributed by atoms with van der Waals surface area (Å²) in [4.78, 5) is 11.2. The van der Waals surface area contributed by atoms with Crippen molar-refractivity contribution in [2.75, 3.05) is 7.11 Å². The van der Waals surface area contributed by atoms with E-state index in [1.54, 1.807) is 0 Å². The van der Waals surface area contributed by atoms with Crippen LogP contribution in [-0.4, -0.2) is 22.9 Å². The highest BCUT2D eigenvalue weighted by atomic mass is 16.5. The molecule has 0 amide bonds. The lowest BCUT2D eigenvalue weighted by Gasteiger charge is -2.02. The number of ether oxygens (including phenoxy) is 1. The van der Waals surface area contributed by atoms with E-state index in [9.17, 15) is 4.79 Å². The van der Waals surface area contributed by atoms with Gasteiger partial charge >= 0.3 is 5.97 Å². The van der Waals surface area contributed by atoms with Crippen LogP contribution < -0.4 is 0 Å². The van der Waals surface area contributed by atoms with E-state index in [0.29, 0.717) is 6.42 Å². The molecule has 0 spiro atoms. The number of hydrogen-bond donors (Lipinski definition) is 0. The minimum atomic E-state index is -0.211. The normalized spacial score (nSPS) is 10.4. The second-order valence-corrected chi connectivity index (χ2v) is 3.63. The molecule has 0 fully saturated rings. The Kier molecular flexibility index (Phi) is 3.88. The van der Waals surface area contributed by atoms with Crippen molar-refractivity contribution in [2.24, 2.45) is 0 Å². The molecule has 0 atom stereocenters. The maximum Gasteiger partial charge on any atom is 0.310 e. The SMILES string of the molecule is CCCn1nc(C)c(CC(=O)OC)c1C. The van der Waals surface area contributed by atoms with E-state index in [1.807, 2.05) is 18.5 Å². The second-order valence-electron chi connectivity index (χ2n) is 3.63. The van der Waals surface area contributed by atoms with Crippen molar-refractivity contribution >= 4 is 5.97 Å². The molecular formula is C11H18N2O2. The molecule has 1 rings (SSSR count). The summed E-state index contributed by atoms with van der Waals surface area (Å²) in [6.07, 6.45) is 1.36. The number of nitrogens with zero attached hydrogens (tertiary/aromatic N) is 2. The first-order chi connectivity index (χ1) is 7.10. The third kappa shape index (κ3) is 2.58. The van der Waals surface area contributed by atoms with E-state index in [-0.39, 0.29) is 5.97 Å². The molecule has 4 heteroatoms. The van der Waals surface area contributed by atoms with Crippen LogP contribution >= 0.6 is 0 Å². The van der Waals surface area contributed by atoms with Crippen molar-refractivity contribution in [1.29, 1.82) is 0 Å². The minimum absolute atomic E-state index is 0.211. The highest BCUT2D eigenvalue weighted by Crippen LogP contribution is 2.14. The monoisotopic (exact) mass is 210 g/mol. The van der Waals surface area contributed by atoms with E-state index in [0.717, 1.165) is 29.9 Å². The highest BCUT2D eigenvalue weighted by molar-refractivity contribution is 5.73. The average Bonchev–Trinajstić information content (AvgIpc) is 2.46. The topological polar surface area (TPSA) is 44.1 Å². The first-order valence-corrected chi connectivity index (χ1v) is 5.19. The number of hydrogen-bond acceptors (Lipinski definition) is 3. The molecule has 84 valence electrons. The third-order valence-corrected chi connectivity index (χ3v) is 2.52. The molecule has 1 aromatic rings. The molecule has 15 heavy (non-hydrogen) atoms. The van der Waals surface area contributed by atoms with Gasteiger partial charge in [-0.15, -0.1) is 0 Å².